The van der Waals surface area contributed by atoms with Gasteiger partial charge in [0.15, 0.2) is 0 Å². The summed E-state index contributed by atoms with van der Waals surface area (Å²) in [5.74, 6) is 1.02. The van der Waals surface area contributed by atoms with E-state index < -0.39 is 11.9 Å². The molecule has 0 radical (unpaired) electrons. The van der Waals surface area contributed by atoms with Gasteiger partial charge in [-0.05, 0) is 72.8 Å². The van der Waals surface area contributed by atoms with Crippen LogP contribution in [0.2, 0.25) is 0 Å². The quantitative estimate of drug-likeness (QED) is 0.474. The summed E-state index contributed by atoms with van der Waals surface area (Å²) < 4.78 is 20.7. The molecule has 0 spiro atoms. The molecule has 0 aromatic heterocycles. The number of carbonyl (C=O) groups is 2. The van der Waals surface area contributed by atoms with E-state index in [4.69, 9.17) is 18.9 Å². The largest absolute Gasteiger partial charge is 0.497 e. The molecule has 3 aromatic carbocycles. The van der Waals surface area contributed by atoms with Gasteiger partial charge in [-0.3, -0.25) is 0 Å². The number of esters is 2. The van der Waals surface area contributed by atoms with Crippen LogP contribution in [0.1, 0.15) is 20.7 Å². The van der Waals surface area contributed by atoms with Crippen LogP contribution in [0.3, 0.4) is 0 Å². The second-order valence-corrected chi connectivity index (χ2v) is 5.71. The Morgan fingerprint density at radius 2 is 0.786 bits per heavy atom. The van der Waals surface area contributed by atoms with Crippen molar-refractivity contribution >= 4 is 11.9 Å². The zero-order valence-corrected chi connectivity index (χ0v) is 15.4. The lowest BCUT2D eigenvalue weighted by Gasteiger charge is -2.07. The number of hydrogen-bond acceptors (Lipinski definition) is 6. The van der Waals surface area contributed by atoms with Gasteiger partial charge in [-0.25, -0.2) is 9.59 Å². The molecule has 0 aliphatic rings. The van der Waals surface area contributed by atoms with Crippen molar-refractivity contribution in [3.05, 3.63) is 83.9 Å². The van der Waals surface area contributed by atoms with E-state index in [0.717, 1.165) is 0 Å². The highest BCUT2D eigenvalue weighted by atomic mass is 16.5. The SMILES string of the molecule is COc1ccc(OC(=O)c2ccc(OC(=O)c3ccc(OC)cc3)cc2)cc1. The van der Waals surface area contributed by atoms with Crippen LogP contribution in [-0.2, 0) is 0 Å². The van der Waals surface area contributed by atoms with Crippen LogP contribution in [0, 0.1) is 0 Å². The van der Waals surface area contributed by atoms with Gasteiger partial charge < -0.3 is 18.9 Å². The first-order chi connectivity index (χ1) is 13.6. The summed E-state index contributed by atoms with van der Waals surface area (Å²) in [5.41, 5.74) is 0.726. The normalized spacial score (nSPS) is 10.1. The molecule has 6 heteroatoms. The molecule has 0 saturated heterocycles. The van der Waals surface area contributed by atoms with Gasteiger partial charge in [-0.15, -0.1) is 0 Å². The number of ether oxygens (including phenoxy) is 4. The number of hydrogen-bond donors (Lipinski definition) is 0. The van der Waals surface area contributed by atoms with E-state index in [0.29, 0.717) is 34.1 Å². The maximum absolute atomic E-state index is 12.2. The molecule has 6 nitrogen and oxygen atoms in total. The first kappa shape index (κ1) is 19.0. The van der Waals surface area contributed by atoms with Gasteiger partial charge in [0.05, 0.1) is 25.3 Å². The number of rotatable bonds is 6. The molecule has 0 bridgehead atoms. The molecule has 3 aromatic rings. The maximum atomic E-state index is 12.2. The average Bonchev–Trinajstić information content (AvgIpc) is 2.74. The molecule has 0 atom stereocenters. The highest BCUT2D eigenvalue weighted by Crippen LogP contribution is 2.20. The third-order valence-electron chi connectivity index (χ3n) is 3.90. The van der Waals surface area contributed by atoms with Crippen LogP contribution >= 0.6 is 0 Å². The molecule has 0 amide bonds. The predicted molar refractivity (Wildman–Crippen MR) is 102 cm³/mol. The minimum absolute atomic E-state index is 0.321. The molecular weight excluding hydrogens is 360 g/mol. The van der Waals surface area contributed by atoms with E-state index in [1.54, 1.807) is 62.8 Å². The molecular formula is C22H18O6. The van der Waals surface area contributed by atoms with E-state index in [2.05, 4.69) is 0 Å². The Kier molecular flexibility index (Phi) is 5.91. The van der Waals surface area contributed by atoms with Crippen LogP contribution in [0.5, 0.6) is 23.0 Å². The first-order valence-corrected chi connectivity index (χ1v) is 8.41. The third-order valence-corrected chi connectivity index (χ3v) is 3.90. The number of benzene rings is 3. The van der Waals surface area contributed by atoms with Crippen molar-refractivity contribution in [1.29, 1.82) is 0 Å². The van der Waals surface area contributed by atoms with Crippen LogP contribution in [0.4, 0.5) is 0 Å². The minimum atomic E-state index is -0.516. The fourth-order valence-electron chi connectivity index (χ4n) is 2.36. The zero-order valence-electron chi connectivity index (χ0n) is 15.4. The summed E-state index contributed by atoms with van der Waals surface area (Å²) in [4.78, 5) is 24.4. The fourth-order valence-corrected chi connectivity index (χ4v) is 2.36. The molecule has 3 rings (SSSR count). The highest BCUT2D eigenvalue weighted by molar-refractivity contribution is 5.92. The van der Waals surface area contributed by atoms with Gasteiger partial charge in [0.1, 0.15) is 23.0 Å². The van der Waals surface area contributed by atoms with E-state index in [9.17, 15) is 9.59 Å². The van der Waals surface area contributed by atoms with Crippen molar-refractivity contribution < 1.29 is 28.5 Å². The molecule has 0 fully saturated rings. The Balaban J connectivity index is 1.61. The van der Waals surface area contributed by atoms with Crippen molar-refractivity contribution in [2.24, 2.45) is 0 Å². The van der Waals surface area contributed by atoms with Crippen molar-refractivity contribution in [1.82, 2.24) is 0 Å². The average molecular weight is 378 g/mol. The number of carbonyl (C=O) groups excluding carboxylic acids is 2. The smallest absolute Gasteiger partial charge is 0.343 e. The molecule has 0 heterocycles. The lowest BCUT2D eigenvalue weighted by atomic mass is 10.2. The van der Waals surface area contributed by atoms with Crippen molar-refractivity contribution in [2.45, 2.75) is 0 Å². The van der Waals surface area contributed by atoms with Crippen molar-refractivity contribution in [3.8, 4) is 23.0 Å². The van der Waals surface area contributed by atoms with E-state index in [1.165, 1.54) is 24.3 Å². The van der Waals surface area contributed by atoms with Crippen molar-refractivity contribution in [3.63, 3.8) is 0 Å². The highest BCUT2D eigenvalue weighted by Gasteiger charge is 2.12. The molecule has 28 heavy (non-hydrogen) atoms. The van der Waals surface area contributed by atoms with Crippen molar-refractivity contribution in [2.75, 3.05) is 14.2 Å². The third kappa shape index (κ3) is 4.67. The molecule has 0 aliphatic heterocycles. The fraction of sp³-hybridized carbons (Fsp3) is 0.0909. The monoisotopic (exact) mass is 378 g/mol. The van der Waals surface area contributed by atoms with E-state index in [1.807, 2.05) is 0 Å². The Bertz CT molecular complexity index is 944. The lowest BCUT2D eigenvalue weighted by Crippen LogP contribution is -2.10. The Morgan fingerprint density at radius 1 is 0.500 bits per heavy atom. The summed E-state index contributed by atoms with van der Waals surface area (Å²) >= 11 is 0. The Hall–Kier alpha value is -3.80. The summed E-state index contributed by atoms with van der Waals surface area (Å²) in [5, 5.41) is 0. The predicted octanol–water partition coefficient (Wildman–Crippen LogP) is 4.14. The molecule has 0 aliphatic carbocycles. The van der Waals surface area contributed by atoms with Gasteiger partial charge in [0.2, 0.25) is 0 Å². The Morgan fingerprint density at radius 3 is 1.14 bits per heavy atom. The Labute approximate surface area is 162 Å². The second kappa shape index (κ2) is 8.73. The molecule has 0 unspecified atom stereocenters. The van der Waals surface area contributed by atoms with E-state index in [-0.39, 0.29) is 0 Å². The lowest BCUT2D eigenvalue weighted by molar-refractivity contribution is 0.0730. The maximum Gasteiger partial charge on any atom is 0.343 e. The zero-order chi connectivity index (χ0) is 19.9. The summed E-state index contributed by atoms with van der Waals surface area (Å²) in [6.45, 7) is 0. The summed E-state index contributed by atoms with van der Waals surface area (Å²) in [6, 6.07) is 19.4. The summed E-state index contributed by atoms with van der Waals surface area (Å²) in [6.07, 6.45) is 0. The first-order valence-electron chi connectivity index (χ1n) is 8.41. The van der Waals surface area contributed by atoms with Gasteiger partial charge in [-0.1, -0.05) is 0 Å². The van der Waals surface area contributed by atoms with Gasteiger partial charge >= 0.3 is 11.9 Å². The van der Waals surface area contributed by atoms with Crippen LogP contribution in [0.25, 0.3) is 0 Å². The van der Waals surface area contributed by atoms with Crippen LogP contribution in [0.15, 0.2) is 72.8 Å². The minimum Gasteiger partial charge on any atom is -0.497 e. The topological polar surface area (TPSA) is 71.1 Å². The van der Waals surface area contributed by atoms with Gasteiger partial charge in [0.25, 0.3) is 0 Å². The van der Waals surface area contributed by atoms with E-state index >= 15 is 0 Å². The van der Waals surface area contributed by atoms with Gasteiger partial charge in [-0.2, -0.15) is 0 Å². The van der Waals surface area contributed by atoms with Crippen LogP contribution in [-0.4, -0.2) is 26.2 Å². The van der Waals surface area contributed by atoms with Crippen LogP contribution < -0.4 is 18.9 Å². The molecule has 0 saturated carbocycles. The number of methoxy groups -OCH3 is 2. The summed E-state index contributed by atoms with van der Waals surface area (Å²) in [7, 11) is 3.11. The molecule has 142 valence electrons. The van der Waals surface area contributed by atoms with Gasteiger partial charge in [0, 0.05) is 0 Å². The standard InChI is InChI=1S/C22H18O6/c1-25-17-7-3-15(4-8-17)21(23)27-19-9-5-16(6-10-19)22(24)28-20-13-11-18(26-2)12-14-20/h3-14H,1-2H3. The second-order valence-electron chi connectivity index (χ2n) is 5.71. The molecule has 0 N–H and O–H groups in total.